The molecule has 2 aromatic carbocycles. The van der Waals surface area contributed by atoms with Crippen LogP contribution < -0.4 is 5.32 Å². The molecule has 7 nitrogen and oxygen atoms in total. The highest BCUT2D eigenvalue weighted by molar-refractivity contribution is 6.11. The van der Waals surface area contributed by atoms with E-state index in [1.54, 1.807) is 56.3 Å². The van der Waals surface area contributed by atoms with Crippen molar-refractivity contribution in [2.75, 3.05) is 6.54 Å². The molecule has 1 aromatic heterocycles. The summed E-state index contributed by atoms with van der Waals surface area (Å²) in [5.41, 5.74) is 2.48. The number of aryl methyl sites for hydroxylation is 1. The molecule has 4 rings (SSSR count). The highest BCUT2D eigenvalue weighted by Crippen LogP contribution is 2.29. The van der Waals surface area contributed by atoms with Gasteiger partial charge in [-0.2, -0.15) is 5.26 Å². The number of benzene rings is 2. The third-order valence-corrected chi connectivity index (χ3v) is 6.30. The van der Waals surface area contributed by atoms with Crippen molar-refractivity contribution < 1.29 is 18.8 Å². The van der Waals surface area contributed by atoms with Crippen LogP contribution in [0.1, 0.15) is 45.4 Å². The maximum atomic E-state index is 13.2. The molecular formula is C26H23FN4O3. The zero-order chi connectivity index (χ0) is 24.6. The Kier molecular flexibility index (Phi) is 5.80. The number of nitriles is 1. The Balaban J connectivity index is 1.54. The topological polar surface area (TPSA) is 95.2 Å². The van der Waals surface area contributed by atoms with Crippen LogP contribution in [0.4, 0.5) is 9.18 Å². The van der Waals surface area contributed by atoms with Gasteiger partial charge in [-0.25, -0.2) is 9.18 Å². The first-order chi connectivity index (χ1) is 16.1. The minimum atomic E-state index is -1.33. The number of imide groups is 1. The van der Waals surface area contributed by atoms with E-state index in [0.29, 0.717) is 28.9 Å². The lowest BCUT2D eigenvalue weighted by Gasteiger charge is -2.22. The van der Waals surface area contributed by atoms with Crippen LogP contribution in [-0.2, 0) is 16.9 Å². The number of carbonyl (C=O) groups is 3. The molecular weight excluding hydrogens is 435 g/mol. The molecule has 3 aromatic rings. The van der Waals surface area contributed by atoms with Crippen LogP contribution in [0.15, 0.2) is 54.6 Å². The van der Waals surface area contributed by atoms with E-state index in [4.69, 9.17) is 5.26 Å². The number of ketones is 1. The summed E-state index contributed by atoms with van der Waals surface area (Å²) < 4.78 is 15.2. The van der Waals surface area contributed by atoms with E-state index in [1.807, 2.05) is 17.6 Å². The molecule has 1 N–H and O–H groups in total. The van der Waals surface area contributed by atoms with Gasteiger partial charge in [-0.15, -0.1) is 0 Å². The highest BCUT2D eigenvalue weighted by Gasteiger charge is 2.49. The van der Waals surface area contributed by atoms with E-state index in [1.165, 1.54) is 12.1 Å². The number of nitrogens with zero attached hydrogens (tertiary/aromatic N) is 3. The molecule has 1 atom stereocenters. The van der Waals surface area contributed by atoms with Crippen molar-refractivity contribution in [1.29, 1.82) is 5.26 Å². The molecule has 3 amide bonds. The molecule has 0 radical (unpaired) electrons. The smallest absolute Gasteiger partial charge is 0.325 e. The second kappa shape index (κ2) is 8.60. The van der Waals surface area contributed by atoms with Gasteiger partial charge in [-0.05, 0) is 62.2 Å². The standard InChI is InChI=1S/C26H23FN4O3/c1-16-12-22(17(2)30(16)14-19-6-10-21(27)11-7-19)23(32)15-31-24(33)26(3,29-25(31)34)20-8-4-18(13-28)5-9-20/h4-12H,14-15H2,1-3H3,(H,29,34). The normalized spacial score (nSPS) is 17.6. The Morgan fingerprint density at radius 2 is 1.74 bits per heavy atom. The Labute approximate surface area is 196 Å². The molecule has 0 saturated carbocycles. The van der Waals surface area contributed by atoms with Crippen molar-refractivity contribution in [3.63, 3.8) is 0 Å². The lowest BCUT2D eigenvalue weighted by atomic mass is 9.91. The fourth-order valence-electron chi connectivity index (χ4n) is 4.24. The van der Waals surface area contributed by atoms with Crippen molar-refractivity contribution in [3.8, 4) is 6.07 Å². The van der Waals surface area contributed by atoms with E-state index < -0.39 is 24.0 Å². The van der Waals surface area contributed by atoms with Crippen molar-refractivity contribution in [3.05, 3.63) is 94.1 Å². The van der Waals surface area contributed by atoms with Gasteiger partial charge in [0.2, 0.25) is 0 Å². The molecule has 34 heavy (non-hydrogen) atoms. The second-order valence-electron chi connectivity index (χ2n) is 8.56. The first kappa shape index (κ1) is 22.9. The van der Waals surface area contributed by atoms with Gasteiger partial charge >= 0.3 is 6.03 Å². The van der Waals surface area contributed by atoms with Gasteiger partial charge in [0.1, 0.15) is 11.4 Å². The van der Waals surface area contributed by atoms with E-state index in [2.05, 4.69) is 5.32 Å². The molecule has 8 heteroatoms. The highest BCUT2D eigenvalue weighted by atomic mass is 19.1. The summed E-state index contributed by atoms with van der Waals surface area (Å²) in [5.74, 6) is -1.20. The molecule has 2 heterocycles. The zero-order valence-electron chi connectivity index (χ0n) is 19.1. The maximum Gasteiger partial charge on any atom is 0.325 e. The fraction of sp³-hybridized carbons (Fsp3) is 0.231. The lowest BCUT2D eigenvalue weighted by Crippen LogP contribution is -2.41. The molecule has 0 bridgehead atoms. The first-order valence-electron chi connectivity index (χ1n) is 10.7. The van der Waals surface area contributed by atoms with E-state index in [9.17, 15) is 18.8 Å². The summed E-state index contributed by atoms with van der Waals surface area (Å²) >= 11 is 0. The Morgan fingerprint density at radius 1 is 1.09 bits per heavy atom. The number of amides is 3. The fourth-order valence-corrected chi connectivity index (χ4v) is 4.24. The van der Waals surface area contributed by atoms with Crippen LogP contribution >= 0.6 is 0 Å². The monoisotopic (exact) mass is 458 g/mol. The lowest BCUT2D eigenvalue weighted by molar-refractivity contribution is -0.130. The summed E-state index contributed by atoms with van der Waals surface area (Å²) in [6.45, 7) is 5.32. The third kappa shape index (κ3) is 3.97. The number of halogens is 1. The van der Waals surface area contributed by atoms with Crippen molar-refractivity contribution in [1.82, 2.24) is 14.8 Å². The number of aromatic nitrogens is 1. The van der Waals surface area contributed by atoms with E-state index in [-0.39, 0.29) is 11.6 Å². The number of hydrogen-bond donors (Lipinski definition) is 1. The van der Waals surface area contributed by atoms with Gasteiger partial charge in [0.25, 0.3) is 5.91 Å². The van der Waals surface area contributed by atoms with Crippen molar-refractivity contribution in [2.24, 2.45) is 0 Å². The third-order valence-electron chi connectivity index (χ3n) is 6.30. The van der Waals surface area contributed by atoms with Gasteiger partial charge < -0.3 is 9.88 Å². The molecule has 1 unspecified atom stereocenters. The number of urea groups is 1. The summed E-state index contributed by atoms with van der Waals surface area (Å²) in [6, 6.07) is 15.6. The van der Waals surface area contributed by atoms with E-state index in [0.717, 1.165) is 16.2 Å². The number of rotatable bonds is 6. The predicted molar refractivity (Wildman–Crippen MR) is 122 cm³/mol. The molecule has 172 valence electrons. The van der Waals surface area contributed by atoms with Gasteiger partial charge in [0.05, 0.1) is 18.2 Å². The second-order valence-corrected chi connectivity index (χ2v) is 8.56. The van der Waals surface area contributed by atoms with Crippen molar-refractivity contribution >= 4 is 17.7 Å². The van der Waals surface area contributed by atoms with Gasteiger partial charge in [0.15, 0.2) is 5.78 Å². The zero-order valence-corrected chi connectivity index (χ0v) is 19.1. The van der Waals surface area contributed by atoms with Crippen LogP contribution in [-0.4, -0.2) is 33.7 Å². The van der Waals surface area contributed by atoms with Gasteiger partial charge in [-0.1, -0.05) is 24.3 Å². The number of carbonyl (C=O) groups excluding carboxylic acids is 3. The number of nitrogens with one attached hydrogen (secondary N) is 1. The molecule has 1 aliphatic rings. The summed E-state index contributed by atoms with van der Waals surface area (Å²) in [5, 5.41) is 11.7. The van der Waals surface area contributed by atoms with Crippen LogP contribution in [0.5, 0.6) is 0 Å². The first-order valence-corrected chi connectivity index (χ1v) is 10.7. The molecule has 1 fully saturated rings. The molecule has 0 spiro atoms. The predicted octanol–water partition coefficient (Wildman–Crippen LogP) is 3.81. The summed E-state index contributed by atoms with van der Waals surface area (Å²) in [4.78, 5) is 39.9. The Hall–Kier alpha value is -4.25. The SMILES string of the molecule is Cc1cc(C(=O)CN2C(=O)NC(C)(c3ccc(C#N)cc3)C2=O)c(C)n1Cc1ccc(F)cc1. The minimum Gasteiger partial charge on any atom is -0.344 e. The van der Waals surface area contributed by atoms with Crippen LogP contribution in [0.25, 0.3) is 0 Å². The van der Waals surface area contributed by atoms with Crippen LogP contribution in [0.2, 0.25) is 0 Å². The maximum absolute atomic E-state index is 13.2. The molecule has 1 aliphatic heterocycles. The average Bonchev–Trinajstić information content (AvgIpc) is 3.23. The van der Waals surface area contributed by atoms with Gasteiger partial charge in [0, 0.05) is 23.5 Å². The molecule has 1 saturated heterocycles. The summed E-state index contributed by atoms with van der Waals surface area (Å²) in [6.07, 6.45) is 0. The number of hydrogen-bond acceptors (Lipinski definition) is 4. The average molecular weight is 458 g/mol. The van der Waals surface area contributed by atoms with Crippen LogP contribution in [0, 0.1) is 31.0 Å². The molecule has 0 aliphatic carbocycles. The summed E-state index contributed by atoms with van der Waals surface area (Å²) in [7, 11) is 0. The quantitative estimate of drug-likeness (QED) is 0.449. The van der Waals surface area contributed by atoms with E-state index >= 15 is 0 Å². The minimum absolute atomic E-state index is 0.317. The Bertz CT molecular complexity index is 1340. The van der Waals surface area contributed by atoms with Gasteiger partial charge in [-0.3, -0.25) is 14.5 Å². The largest absolute Gasteiger partial charge is 0.344 e. The Morgan fingerprint density at radius 3 is 2.35 bits per heavy atom. The van der Waals surface area contributed by atoms with Crippen molar-refractivity contribution in [2.45, 2.75) is 32.9 Å². The van der Waals surface area contributed by atoms with Crippen LogP contribution in [0.3, 0.4) is 0 Å². The number of Topliss-reactive ketones (excluding diaryl/α,β-unsaturated/α-hetero) is 1.